The molecule has 1 spiro atoms. The van der Waals surface area contributed by atoms with E-state index in [1.54, 1.807) is 0 Å². The molecule has 2 aliphatic rings. The lowest BCUT2D eigenvalue weighted by atomic mass is 9.87. The van der Waals surface area contributed by atoms with Crippen LogP contribution in [0.2, 0.25) is 0 Å². The Morgan fingerprint density at radius 2 is 1.81 bits per heavy atom. The van der Waals surface area contributed by atoms with Gasteiger partial charge in [-0.05, 0) is 52.2 Å². The van der Waals surface area contributed by atoms with Gasteiger partial charge in [0.25, 0.3) is 5.91 Å². The second-order valence-corrected chi connectivity index (χ2v) is 7.79. The zero-order valence-corrected chi connectivity index (χ0v) is 17.0. The Labute approximate surface area is 166 Å². The van der Waals surface area contributed by atoms with E-state index in [0.29, 0.717) is 19.5 Å². The van der Waals surface area contributed by atoms with Crippen LogP contribution < -0.4 is 0 Å². The number of hydrogen-bond donors (Lipinski definition) is 0. The van der Waals surface area contributed by atoms with Gasteiger partial charge in [-0.3, -0.25) is 4.79 Å². The molecule has 0 bridgehead atoms. The molecule has 3 rings (SSSR count). The molecule has 2 fully saturated rings. The van der Waals surface area contributed by atoms with Crippen molar-refractivity contribution >= 4 is 18.3 Å². The standard InChI is InChI=1S/C20H28F2N2O2.ClH/c1-14(2)24-13-20(26-15(3)19(24)25)8-11-23(12-9-20)10-7-16-17(21)5-4-6-18(16)22;/h4-6,14-15H,7-13H2,1-3H3;1H/t15-;/m1./s1. The summed E-state index contributed by atoms with van der Waals surface area (Å²) >= 11 is 0. The second kappa shape index (κ2) is 8.84. The van der Waals surface area contributed by atoms with Crippen LogP contribution in [0.25, 0.3) is 0 Å². The van der Waals surface area contributed by atoms with Crippen molar-refractivity contribution in [2.45, 2.75) is 57.8 Å². The number of rotatable bonds is 4. The molecule has 4 nitrogen and oxygen atoms in total. The molecule has 1 amide bonds. The number of benzene rings is 1. The van der Waals surface area contributed by atoms with E-state index in [1.165, 1.54) is 18.2 Å². The molecule has 27 heavy (non-hydrogen) atoms. The fourth-order valence-electron chi connectivity index (χ4n) is 4.02. The van der Waals surface area contributed by atoms with Crippen molar-refractivity contribution in [1.29, 1.82) is 0 Å². The quantitative estimate of drug-likeness (QED) is 0.773. The molecule has 0 aromatic heterocycles. The van der Waals surface area contributed by atoms with Crippen LogP contribution in [0.1, 0.15) is 39.2 Å². The van der Waals surface area contributed by atoms with Gasteiger partial charge >= 0.3 is 0 Å². The average Bonchev–Trinajstić information content (AvgIpc) is 2.59. The molecule has 2 aliphatic heterocycles. The van der Waals surface area contributed by atoms with Crippen molar-refractivity contribution < 1.29 is 18.3 Å². The van der Waals surface area contributed by atoms with Crippen LogP contribution >= 0.6 is 12.4 Å². The summed E-state index contributed by atoms with van der Waals surface area (Å²) in [5.41, 5.74) is -0.135. The van der Waals surface area contributed by atoms with Crippen LogP contribution in [-0.2, 0) is 16.0 Å². The number of likely N-dealkylation sites (tertiary alicyclic amines) is 1. The van der Waals surface area contributed by atoms with Gasteiger partial charge in [-0.15, -0.1) is 12.4 Å². The number of ether oxygens (including phenoxy) is 1. The number of nitrogens with zero attached hydrogens (tertiary/aromatic N) is 2. The van der Waals surface area contributed by atoms with Gasteiger partial charge in [0.05, 0.1) is 12.1 Å². The van der Waals surface area contributed by atoms with E-state index in [1.807, 2.05) is 25.7 Å². The van der Waals surface area contributed by atoms with Crippen LogP contribution in [0, 0.1) is 11.6 Å². The Bertz CT molecular complexity index is 643. The molecule has 7 heteroatoms. The molecule has 0 radical (unpaired) electrons. The minimum Gasteiger partial charge on any atom is -0.360 e. The first-order chi connectivity index (χ1) is 12.3. The van der Waals surface area contributed by atoms with Crippen LogP contribution in [0.4, 0.5) is 8.78 Å². The maximum absolute atomic E-state index is 13.8. The monoisotopic (exact) mass is 402 g/mol. The van der Waals surface area contributed by atoms with E-state index in [-0.39, 0.29) is 35.5 Å². The van der Waals surface area contributed by atoms with E-state index < -0.39 is 17.7 Å². The fraction of sp³-hybridized carbons (Fsp3) is 0.650. The third-order valence-electron chi connectivity index (χ3n) is 5.65. The number of morpholine rings is 1. The molecule has 0 saturated carbocycles. The summed E-state index contributed by atoms with van der Waals surface area (Å²) in [5, 5.41) is 0. The van der Waals surface area contributed by atoms with Gasteiger partial charge in [0.2, 0.25) is 0 Å². The number of carbonyl (C=O) groups is 1. The van der Waals surface area contributed by atoms with Gasteiger partial charge in [-0.2, -0.15) is 0 Å². The van der Waals surface area contributed by atoms with Crippen LogP contribution in [0.15, 0.2) is 18.2 Å². The number of amides is 1. The van der Waals surface area contributed by atoms with Crippen molar-refractivity contribution in [2.24, 2.45) is 0 Å². The SMILES string of the molecule is CC(C)N1CC2(CCN(CCc3c(F)cccc3F)CC2)O[C@H](C)C1=O.Cl. The van der Waals surface area contributed by atoms with Crippen LogP contribution in [-0.4, -0.2) is 59.6 Å². The first-order valence-electron chi connectivity index (χ1n) is 9.45. The highest BCUT2D eigenvalue weighted by molar-refractivity contribution is 5.85. The highest BCUT2D eigenvalue weighted by Gasteiger charge is 2.45. The Hall–Kier alpha value is -1.24. The van der Waals surface area contributed by atoms with E-state index in [2.05, 4.69) is 4.90 Å². The summed E-state index contributed by atoms with van der Waals surface area (Å²) in [6, 6.07) is 4.16. The van der Waals surface area contributed by atoms with E-state index >= 15 is 0 Å². The van der Waals surface area contributed by atoms with Crippen molar-refractivity contribution in [3.05, 3.63) is 35.4 Å². The van der Waals surface area contributed by atoms with Crippen molar-refractivity contribution in [3.63, 3.8) is 0 Å². The third-order valence-corrected chi connectivity index (χ3v) is 5.65. The minimum atomic E-state index is -0.478. The lowest BCUT2D eigenvalue weighted by Gasteiger charge is -2.50. The largest absolute Gasteiger partial charge is 0.360 e. The number of carbonyl (C=O) groups excluding carboxylic acids is 1. The predicted molar refractivity (Wildman–Crippen MR) is 103 cm³/mol. The highest BCUT2D eigenvalue weighted by Crippen LogP contribution is 2.33. The zero-order valence-electron chi connectivity index (χ0n) is 16.2. The van der Waals surface area contributed by atoms with E-state index in [0.717, 1.165) is 25.9 Å². The second-order valence-electron chi connectivity index (χ2n) is 7.79. The van der Waals surface area contributed by atoms with E-state index in [9.17, 15) is 13.6 Å². The van der Waals surface area contributed by atoms with Gasteiger partial charge in [0, 0.05) is 31.2 Å². The summed E-state index contributed by atoms with van der Waals surface area (Å²) < 4.78 is 33.7. The molecule has 0 unspecified atom stereocenters. The Balaban J connectivity index is 0.00000261. The van der Waals surface area contributed by atoms with Crippen molar-refractivity contribution in [2.75, 3.05) is 26.2 Å². The summed E-state index contributed by atoms with van der Waals surface area (Å²) in [6.07, 6.45) is 1.60. The maximum atomic E-state index is 13.8. The Morgan fingerprint density at radius 3 is 2.37 bits per heavy atom. The van der Waals surface area contributed by atoms with Crippen LogP contribution in [0.3, 0.4) is 0 Å². The van der Waals surface area contributed by atoms with Crippen LogP contribution in [0.5, 0.6) is 0 Å². The Kier molecular flexibility index (Phi) is 7.22. The van der Waals surface area contributed by atoms with Gasteiger partial charge in [-0.1, -0.05) is 6.07 Å². The summed E-state index contributed by atoms with van der Waals surface area (Å²) in [4.78, 5) is 16.4. The topological polar surface area (TPSA) is 32.8 Å². The van der Waals surface area contributed by atoms with Gasteiger partial charge in [-0.25, -0.2) is 8.78 Å². The first-order valence-corrected chi connectivity index (χ1v) is 9.45. The van der Waals surface area contributed by atoms with Gasteiger partial charge in [0.1, 0.15) is 17.7 Å². The average molecular weight is 403 g/mol. The molecule has 0 aliphatic carbocycles. The van der Waals surface area contributed by atoms with E-state index in [4.69, 9.17) is 4.74 Å². The maximum Gasteiger partial charge on any atom is 0.251 e. The summed E-state index contributed by atoms with van der Waals surface area (Å²) in [7, 11) is 0. The summed E-state index contributed by atoms with van der Waals surface area (Å²) in [5.74, 6) is -0.897. The fourth-order valence-corrected chi connectivity index (χ4v) is 4.02. The molecular weight excluding hydrogens is 374 g/mol. The molecule has 1 aromatic carbocycles. The molecule has 2 saturated heterocycles. The third kappa shape index (κ3) is 4.79. The number of piperidine rings is 1. The first kappa shape index (κ1) is 22.1. The molecule has 1 aromatic rings. The van der Waals surface area contributed by atoms with Gasteiger partial charge < -0.3 is 14.5 Å². The molecule has 0 N–H and O–H groups in total. The van der Waals surface area contributed by atoms with Crippen molar-refractivity contribution in [1.82, 2.24) is 9.80 Å². The molecule has 152 valence electrons. The van der Waals surface area contributed by atoms with Crippen molar-refractivity contribution in [3.8, 4) is 0 Å². The number of halogens is 3. The molecular formula is C20H29ClF2N2O2. The molecule has 2 heterocycles. The highest BCUT2D eigenvalue weighted by atomic mass is 35.5. The predicted octanol–water partition coefficient (Wildman–Crippen LogP) is 3.42. The smallest absolute Gasteiger partial charge is 0.251 e. The molecule has 1 atom stereocenters. The summed E-state index contributed by atoms with van der Waals surface area (Å²) in [6.45, 7) is 8.75. The minimum absolute atomic E-state index is 0. The number of hydrogen-bond acceptors (Lipinski definition) is 3. The lowest BCUT2D eigenvalue weighted by molar-refractivity contribution is -0.192. The lowest BCUT2D eigenvalue weighted by Crippen LogP contribution is -2.62. The Morgan fingerprint density at radius 1 is 1.22 bits per heavy atom. The normalized spacial score (nSPS) is 23.0. The zero-order chi connectivity index (χ0) is 18.9. The van der Waals surface area contributed by atoms with Gasteiger partial charge in [0.15, 0.2) is 0 Å².